The Bertz CT molecular complexity index is 976. The van der Waals surface area contributed by atoms with Gasteiger partial charge in [-0.15, -0.1) is 0 Å². The van der Waals surface area contributed by atoms with Crippen molar-refractivity contribution >= 4 is 23.7 Å². The second kappa shape index (κ2) is 8.38. The molecule has 1 fully saturated rings. The Morgan fingerprint density at radius 1 is 1.38 bits per heavy atom. The van der Waals surface area contributed by atoms with Crippen LogP contribution >= 0.6 is 0 Å². The van der Waals surface area contributed by atoms with Crippen LogP contribution < -0.4 is 15.5 Å². The molecule has 2 amide bonds. The quantitative estimate of drug-likeness (QED) is 0.290. The molecule has 3 N–H and O–H groups in total. The van der Waals surface area contributed by atoms with Crippen LogP contribution in [0.3, 0.4) is 0 Å². The van der Waals surface area contributed by atoms with Crippen LogP contribution in [0.2, 0.25) is 0 Å². The molecule has 1 aliphatic heterocycles. The highest BCUT2D eigenvalue weighted by atomic mass is 16.6. The highest BCUT2D eigenvalue weighted by Crippen LogP contribution is 2.36. The number of methoxy groups -OCH3 is 1. The zero-order valence-electron chi connectivity index (χ0n) is 15.4. The average Bonchev–Trinajstić information content (AvgIpc) is 3.10. The summed E-state index contributed by atoms with van der Waals surface area (Å²) in [5, 5.41) is 27.3. The van der Waals surface area contributed by atoms with Gasteiger partial charge in [0.15, 0.2) is 5.75 Å². The number of nitro groups is 1. The second-order valence-corrected chi connectivity index (χ2v) is 6.32. The van der Waals surface area contributed by atoms with Crippen molar-refractivity contribution in [3.8, 4) is 11.5 Å². The zero-order chi connectivity index (χ0) is 21.0. The number of hydrogen-bond acceptors (Lipinski definition) is 7. The van der Waals surface area contributed by atoms with Gasteiger partial charge in [0.05, 0.1) is 18.2 Å². The fourth-order valence-corrected chi connectivity index (χ4v) is 3.16. The van der Waals surface area contributed by atoms with Gasteiger partial charge in [0.2, 0.25) is 11.7 Å². The van der Waals surface area contributed by atoms with E-state index >= 15 is 0 Å². The molecule has 0 saturated carbocycles. The van der Waals surface area contributed by atoms with E-state index in [1.807, 2.05) is 30.3 Å². The minimum Gasteiger partial charge on any atom is -0.500 e. The maximum atomic E-state index is 12.5. The minimum absolute atomic E-state index is 0.105. The fraction of sp³-hybridized carbons (Fsp3) is 0.211. The lowest BCUT2D eigenvalue weighted by molar-refractivity contribution is -0.386. The number of ether oxygens (including phenoxy) is 1. The van der Waals surface area contributed by atoms with Gasteiger partial charge in [-0.05, 0) is 11.6 Å². The molecule has 3 rings (SSSR count). The van der Waals surface area contributed by atoms with Crippen molar-refractivity contribution in [2.45, 2.75) is 5.92 Å². The number of amides is 2. The van der Waals surface area contributed by atoms with E-state index in [4.69, 9.17) is 4.74 Å². The van der Waals surface area contributed by atoms with Gasteiger partial charge in [-0.1, -0.05) is 30.3 Å². The first kappa shape index (κ1) is 19.8. The van der Waals surface area contributed by atoms with Crippen LogP contribution in [0.1, 0.15) is 17.0 Å². The molecule has 10 nitrogen and oxygen atoms in total. The van der Waals surface area contributed by atoms with Crippen LogP contribution in [0.5, 0.6) is 11.5 Å². The molecular formula is C19H18N4O6. The maximum absolute atomic E-state index is 12.5. The van der Waals surface area contributed by atoms with Crippen molar-refractivity contribution in [3.63, 3.8) is 0 Å². The number of phenolic OH excluding ortho intramolecular Hbond substituents is 1. The first-order chi connectivity index (χ1) is 13.9. The van der Waals surface area contributed by atoms with Gasteiger partial charge in [-0.2, -0.15) is 5.10 Å². The Balaban J connectivity index is 1.76. The first-order valence-corrected chi connectivity index (χ1v) is 8.63. The summed E-state index contributed by atoms with van der Waals surface area (Å²) < 4.78 is 4.91. The van der Waals surface area contributed by atoms with Crippen LogP contribution in [0.4, 0.5) is 5.69 Å². The lowest BCUT2D eigenvalue weighted by Gasteiger charge is -2.15. The van der Waals surface area contributed by atoms with E-state index in [1.54, 1.807) is 0 Å². The first-order valence-electron chi connectivity index (χ1n) is 8.63. The third kappa shape index (κ3) is 4.15. The highest BCUT2D eigenvalue weighted by molar-refractivity contribution is 6.03. The lowest BCUT2D eigenvalue weighted by atomic mass is 9.88. The SMILES string of the molecule is COc1cc(/C=N/NC(=O)[C@H]2C(=O)NC[C@@H]2c2ccccc2)cc([N+](=O)[O-])c1O. The molecule has 0 unspecified atom stereocenters. The number of nitrogens with zero attached hydrogens (tertiary/aromatic N) is 2. The summed E-state index contributed by atoms with van der Waals surface area (Å²) in [5.41, 5.74) is 2.82. The third-order valence-corrected chi connectivity index (χ3v) is 4.57. The monoisotopic (exact) mass is 398 g/mol. The molecule has 1 aliphatic rings. The van der Waals surface area contributed by atoms with E-state index in [2.05, 4.69) is 15.8 Å². The Kier molecular flexibility index (Phi) is 5.72. The molecule has 0 spiro atoms. The standard InChI is InChI=1S/C19H18N4O6/c1-29-15-8-11(7-14(17(15)24)23(27)28)9-21-22-19(26)16-13(10-20-18(16)25)12-5-3-2-4-6-12/h2-9,13,16,24H,10H2,1H3,(H,20,25)(H,22,26)/b21-9+/t13-,16-/m1/s1. The van der Waals surface area contributed by atoms with E-state index in [0.717, 1.165) is 17.8 Å². The fourth-order valence-electron chi connectivity index (χ4n) is 3.16. The summed E-state index contributed by atoms with van der Waals surface area (Å²) in [6, 6.07) is 11.6. The Hall–Kier alpha value is -3.95. The molecule has 150 valence electrons. The molecular weight excluding hydrogens is 380 g/mol. The molecule has 1 heterocycles. The van der Waals surface area contributed by atoms with Gasteiger partial charge in [0.25, 0.3) is 5.91 Å². The predicted molar refractivity (Wildman–Crippen MR) is 103 cm³/mol. The largest absolute Gasteiger partial charge is 0.500 e. The Labute approximate surface area is 165 Å². The summed E-state index contributed by atoms with van der Waals surface area (Å²) in [5.74, 6) is -2.97. The summed E-state index contributed by atoms with van der Waals surface area (Å²) >= 11 is 0. The number of aromatic hydroxyl groups is 1. The number of hydrazone groups is 1. The number of benzene rings is 2. The smallest absolute Gasteiger partial charge is 0.315 e. The van der Waals surface area contributed by atoms with Crippen molar-refractivity contribution < 1.29 is 24.4 Å². The van der Waals surface area contributed by atoms with E-state index in [9.17, 15) is 24.8 Å². The van der Waals surface area contributed by atoms with E-state index < -0.39 is 34.1 Å². The lowest BCUT2D eigenvalue weighted by Crippen LogP contribution is -2.34. The summed E-state index contributed by atoms with van der Waals surface area (Å²) in [7, 11) is 1.25. The Morgan fingerprint density at radius 2 is 2.10 bits per heavy atom. The molecule has 2 aromatic rings. The molecule has 29 heavy (non-hydrogen) atoms. The number of carbonyl (C=O) groups is 2. The van der Waals surface area contributed by atoms with Crippen molar-refractivity contribution in [2.24, 2.45) is 11.0 Å². The molecule has 10 heteroatoms. The van der Waals surface area contributed by atoms with Crippen molar-refractivity contribution in [3.05, 3.63) is 63.7 Å². The van der Waals surface area contributed by atoms with Gasteiger partial charge in [-0.25, -0.2) is 5.43 Å². The number of nitro benzene ring substituents is 1. The third-order valence-electron chi connectivity index (χ3n) is 4.57. The number of carbonyl (C=O) groups excluding carboxylic acids is 2. The number of nitrogens with one attached hydrogen (secondary N) is 2. The zero-order valence-corrected chi connectivity index (χ0v) is 15.4. The topological polar surface area (TPSA) is 143 Å². The van der Waals surface area contributed by atoms with Crippen LogP contribution in [0.25, 0.3) is 0 Å². The van der Waals surface area contributed by atoms with Gasteiger partial charge in [0, 0.05) is 24.1 Å². The summed E-state index contributed by atoms with van der Waals surface area (Å²) in [6.45, 7) is 0.339. The molecule has 2 aromatic carbocycles. The number of rotatable bonds is 6. The van der Waals surface area contributed by atoms with Crippen LogP contribution in [-0.4, -0.2) is 41.7 Å². The van der Waals surface area contributed by atoms with E-state index in [1.165, 1.54) is 13.2 Å². The molecule has 1 saturated heterocycles. The van der Waals surface area contributed by atoms with Crippen LogP contribution in [0.15, 0.2) is 47.6 Å². The Morgan fingerprint density at radius 3 is 2.76 bits per heavy atom. The number of hydrogen-bond donors (Lipinski definition) is 3. The maximum Gasteiger partial charge on any atom is 0.315 e. The molecule has 0 bridgehead atoms. The molecule has 0 aromatic heterocycles. The highest BCUT2D eigenvalue weighted by Gasteiger charge is 2.40. The van der Waals surface area contributed by atoms with Gasteiger partial charge in [0.1, 0.15) is 5.92 Å². The van der Waals surface area contributed by atoms with Gasteiger partial charge in [-0.3, -0.25) is 19.7 Å². The van der Waals surface area contributed by atoms with E-state index in [0.29, 0.717) is 6.54 Å². The summed E-state index contributed by atoms with van der Waals surface area (Å²) in [4.78, 5) is 34.9. The molecule has 0 radical (unpaired) electrons. The average molecular weight is 398 g/mol. The normalized spacial score (nSPS) is 18.4. The van der Waals surface area contributed by atoms with Crippen molar-refractivity contribution in [1.29, 1.82) is 0 Å². The number of phenols is 1. The van der Waals surface area contributed by atoms with Crippen LogP contribution in [0, 0.1) is 16.0 Å². The van der Waals surface area contributed by atoms with Crippen molar-refractivity contribution in [1.82, 2.24) is 10.7 Å². The van der Waals surface area contributed by atoms with Crippen molar-refractivity contribution in [2.75, 3.05) is 13.7 Å². The predicted octanol–water partition coefficient (Wildman–Crippen LogP) is 1.29. The van der Waals surface area contributed by atoms with Gasteiger partial charge < -0.3 is 15.2 Å². The van der Waals surface area contributed by atoms with Crippen LogP contribution in [-0.2, 0) is 9.59 Å². The second-order valence-electron chi connectivity index (χ2n) is 6.32. The molecule has 2 atom stereocenters. The van der Waals surface area contributed by atoms with Gasteiger partial charge >= 0.3 is 5.69 Å². The minimum atomic E-state index is -0.946. The van der Waals surface area contributed by atoms with E-state index in [-0.39, 0.29) is 17.2 Å². The summed E-state index contributed by atoms with van der Waals surface area (Å²) in [6.07, 6.45) is 1.16. The molecule has 0 aliphatic carbocycles.